The van der Waals surface area contributed by atoms with E-state index >= 15 is 0 Å². The van der Waals surface area contributed by atoms with Crippen molar-refractivity contribution in [2.24, 2.45) is 0 Å². The van der Waals surface area contributed by atoms with Gasteiger partial charge in [-0.3, -0.25) is 9.78 Å². The lowest BCUT2D eigenvalue weighted by Gasteiger charge is -2.27. The maximum Gasteiger partial charge on any atom is 0.342 e. The highest BCUT2D eigenvalue weighted by Gasteiger charge is 2.31. The predicted octanol–water partition coefficient (Wildman–Crippen LogP) is 6.11. The van der Waals surface area contributed by atoms with Crippen LogP contribution in [0.3, 0.4) is 0 Å². The second-order valence-corrected chi connectivity index (χ2v) is 8.82. The molecule has 214 valence electrons. The van der Waals surface area contributed by atoms with Crippen molar-refractivity contribution in [3.8, 4) is 0 Å². The fourth-order valence-electron chi connectivity index (χ4n) is 2.65. The highest BCUT2D eigenvalue weighted by Crippen LogP contribution is 2.19. The number of carbonyl (C=O) groups is 2. The largest absolute Gasteiger partial charge is 0.342 e. The Bertz CT molecular complexity index is 487. The van der Waals surface area contributed by atoms with E-state index in [0.717, 1.165) is 51.4 Å². The fourth-order valence-corrected chi connectivity index (χ4v) is 2.65. The second-order valence-electron chi connectivity index (χ2n) is 8.82. The first-order valence-electron chi connectivity index (χ1n) is 13.6. The molecule has 0 saturated carbocycles. The Morgan fingerprint density at radius 3 is 1.03 bits per heavy atom. The summed E-state index contributed by atoms with van der Waals surface area (Å²) in [7, 11) is 0. The number of ether oxygens (including phenoxy) is 4. The summed E-state index contributed by atoms with van der Waals surface area (Å²) >= 11 is 0. The summed E-state index contributed by atoms with van der Waals surface area (Å²) in [5, 5.41) is 0. The van der Waals surface area contributed by atoms with Crippen LogP contribution in [0.1, 0.15) is 119 Å². The van der Waals surface area contributed by atoms with Gasteiger partial charge >= 0.3 is 23.9 Å². The molecule has 0 radical (unpaired) electrons. The molecule has 0 aliphatic heterocycles. The predicted molar refractivity (Wildman–Crippen MR) is 133 cm³/mol. The number of unbranched alkanes of at least 4 members (excludes halogenated alkanes) is 5. The zero-order valence-corrected chi connectivity index (χ0v) is 23.4. The van der Waals surface area contributed by atoms with E-state index in [-0.39, 0.29) is 12.8 Å². The average molecular weight is 523 g/mol. The van der Waals surface area contributed by atoms with Crippen LogP contribution in [0, 0.1) is 0 Å². The van der Waals surface area contributed by atoms with Crippen molar-refractivity contribution in [2.75, 3.05) is 26.4 Å². The Labute approximate surface area is 217 Å². The maximum absolute atomic E-state index is 12.1. The second kappa shape index (κ2) is 21.8. The molecule has 36 heavy (non-hydrogen) atoms. The van der Waals surface area contributed by atoms with Gasteiger partial charge in [0, 0.05) is 26.7 Å². The lowest BCUT2D eigenvalue weighted by Crippen LogP contribution is -2.37. The molecule has 10 heteroatoms. The molecule has 0 aromatic rings. The minimum absolute atomic E-state index is 0.0616. The summed E-state index contributed by atoms with van der Waals surface area (Å²) in [6.07, 6.45) is 8.07. The quantitative estimate of drug-likeness (QED) is 0.0603. The molecule has 0 bridgehead atoms. The van der Waals surface area contributed by atoms with Crippen LogP contribution in [0.4, 0.5) is 0 Å². The summed E-state index contributed by atoms with van der Waals surface area (Å²) in [6.45, 7) is 13.0. The van der Waals surface area contributed by atoms with Gasteiger partial charge in [0.2, 0.25) is 0 Å². The van der Waals surface area contributed by atoms with Gasteiger partial charge in [-0.05, 0) is 38.5 Å². The van der Waals surface area contributed by atoms with Gasteiger partial charge in [0.15, 0.2) is 0 Å². The van der Waals surface area contributed by atoms with Crippen LogP contribution in [0.5, 0.6) is 0 Å². The number of rotatable bonds is 25. The molecular weight excluding hydrogens is 472 g/mol. The van der Waals surface area contributed by atoms with Gasteiger partial charge in [-0.2, -0.15) is 0 Å². The lowest BCUT2D eigenvalue weighted by atomic mass is 10.2. The van der Waals surface area contributed by atoms with Gasteiger partial charge in [0.1, 0.15) is 0 Å². The van der Waals surface area contributed by atoms with Crippen LogP contribution >= 0.6 is 0 Å². The summed E-state index contributed by atoms with van der Waals surface area (Å²) in [5.41, 5.74) is 0. The van der Waals surface area contributed by atoms with Gasteiger partial charge in [0.05, 0.1) is 26.4 Å². The summed E-state index contributed by atoms with van der Waals surface area (Å²) in [4.78, 5) is 44.3. The molecule has 0 aromatic carbocycles. The van der Waals surface area contributed by atoms with E-state index in [4.69, 9.17) is 38.5 Å². The topological polar surface area (TPSA) is 108 Å². The third-order valence-electron chi connectivity index (χ3n) is 5.03. The Hall–Kier alpha value is -1.30. The van der Waals surface area contributed by atoms with E-state index in [0.29, 0.717) is 39.3 Å². The van der Waals surface area contributed by atoms with Gasteiger partial charge in [-0.1, -0.05) is 53.4 Å². The van der Waals surface area contributed by atoms with Crippen molar-refractivity contribution in [3.05, 3.63) is 0 Å². The number of hydrogen-bond donors (Lipinski definition) is 0. The maximum atomic E-state index is 12.1. The first-order chi connectivity index (χ1) is 17.2. The van der Waals surface area contributed by atoms with Crippen molar-refractivity contribution < 1.29 is 48.1 Å². The molecule has 0 aromatic heterocycles. The Kier molecular flexibility index (Phi) is 21.0. The highest BCUT2D eigenvalue weighted by atomic mass is 17.3. The third-order valence-corrected chi connectivity index (χ3v) is 5.03. The standard InChI is InChI=1S/C26H50O10/c1-7-11-19-29-25(5,30-20-12-8-2)35-33-23(27)17-15-16-18-24(28)34-36-26(6,31-21-13-9-3)32-22-14-10-4/h7-22H2,1-6H3. The molecule has 0 fully saturated rings. The van der Waals surface area contributed by atoms with E-state index in [9.17, 15) is 9.59 Å². The molecule has 0 atom stereocenters. The molecule has 0 aliphatic rings. The molecule has 0 saturated heterocycles. The Balaban J connectivity index is 4.32. The van der Waals surface area contributed by atoms with Crippen molar-refractivity contribution in [1.29, 1.82) is 0 Å². The minimum Gasteiger partial charge on any atom is -0.325 e. The molecule has 0 amide bonds. The molecule has 0 aliphatic carbocycles. The first-order valence-corrected chi connectivity index (χ1v) is 13.6. The minimum atomic E-state index is -1.45. The molecule has 0 heterocycles. The van der Waals surface area contributed by atoms with Gasteiger partial charge in [-0.15, -0.1) is 9.78 Å². The van der Waals surface area contributed by atoms with E-state index in [1.807, 2.05) is 27.7 Å². The van der Waals surface area contributed by atoms with Crippen LogP contribution in [-0.4, -0.2) is 50.3 Å². The third kappa shape index (κ3) is 18.9. The fraction of sp³-hybridized carbons (Fsp3) is 0.923. The van der Waals surface area contributed by atoms with E-state index in [1.165, 1.54) is 0 Å². The van der Waals surface area contributed by atoms with Crippen LogP contribution in [0.25, 0.3) is 0 Å². The van der Waals surface area contributed by atoms with Gasteiger partial charge < -0.3 is 18.9 Å². The van der Waals surface area contributed by atoms with E-state index < -0.39 is 23.9 Å². The van der Waals surface area contributed by atoms with Gasteiger partial charge in [-0.25, -0.2) is 9.59 Å². The Morgan fingerprint density at radius 1 is 0.500 bits per heavy atom. The smallest absolute Gasteiger partial charge is 0.325 e. The molecule has 0 spiro atoms. The van der Waals surface area contributed by atoms with E-state index in [1.54, 1.807) is 13.8 Å². The van der Waals surface area contributed by atoms with Crippen LogP contribution in [0.15, 0.2) is 0 Å². The normalized spacial score (nSPS) is 12.1. The zero-order chi connectivity index (χ0) is 27.1. The SMILES string of the molecule is CCCCOC(C)(OCCCC)OOC(=O)CCCCC(=O)OOC(C)(OCCCC)OCCCC. The van der Waals surface area contributed by atoms with Crippen LogP contribution in [0.2, 0.25) is 0 Å². The summed E-state index contributed by atoms with van der Waals surface area (Å²) in [5.74, 6) is -4.06. The van der Waals surface area contributed by atoms with Crippen molar-refractivity contribution in [3.63, 3.8) is 0 Å². The molecule has 0 unspecified atom stereocenters. The molecule has 10 nitrogen and oxygen atoms in total. The van der Waals surface area contributed by atoms with Crippen molar-refractivity contribution in [2.45, 2.75) is 131 Å². The zero-order valence-electron chi connectivity index (χ0n) is 23.4. The molecular formula is C26H50O10. The number of carbonyl (C=O) groups excluding carboxylic acids is 2. The van der Waals surface area contributed by atoms with E-state index in [2.05, 4.69) is 0 Å². The lowest BCUT2D eigenvalue weighted by molar-refractivity contribution is -0.481. The first kappa shape index (κ1) is 34.7. The summed E-state index contributed by atoms with van der Waals surface area (Å²) in [6, 6.07) is 0. The monoisotopic (exact) mass is 522 g/mol. The van der Waals surface area contributed by atoms with Crippen molar-refractivity contribution in [1.82, 2.24) is 0 Å². The van der Waals surface area contributed by atoms with Crippen LogP contribution < -0.4 is 0 Å². The summed E-state index contributed by atoms with van der Waals surface area (Å²) < 4.78 is 22.5. The van der Waals surface area contributed by atoms with Crippen LogP contribution in [-0.2, 0) is 48.1 Å². The average Bonchev–Trinajstić information content (AvgIpc) is 2.85. The highest BCUT2D eigenvalue weighted by molar-refractivity contribution is 5.69. The van der Waals surface area contributed by atoms with Gasteiger partial charge in [0.25, 0.3) is 0 Å². The number of hydrogen-bond acceptors (Lipinski definition) is 10. The molecule has 0 N–H and O–H groups in total. The van der Waals surface area contributed by atoms with Crippen molar-refractivity contribution >= 4 is 11.9 Å². The molecule has 0 rings (SSSR count). The Morgan fingerprint density at radius 2 is 0.778 bits per heavy atom.